The summed E-state index contributed by atoms with van der Waals surface area (Å²) in [7, 11) is 0. The maximum atomic E-state index is 13.9. The Kier molecular flexibility index (Phi) is 9.34. The van der Waals surface area contributed by atoms with Gasteiger partial charge in [-0.25, -0.2) is 0 Å². The van der Waals surface area contributed by atoms with Crippen molar-refractivity contribution in [2.45, 2.75) is 96.6 Å². The number of rotatable bonds is 16. The van der Waals surface area contributed by atoms with Gasteiger partial charge in [0.05, 0.1) is 0 Å². The Morgan fingerprint density at radius 3 is 1.56 bits per heavy atom. The van der Waals surface area contributed by atoms with Gasteiger partial charge in [-0.1, -0.05) is 101 Å². The number of nitrogens with two attached hydrogens (primary N) is 1. The van der Waals surface area contributed by atoms with Gasteiger partial charge >= 0.3 is 0 Å². The van der Waals surface area contributed by atoms with Gasteiger partial charge in [-0.2, -0.15) is 0 Å². The molecule has 48 heavy (non-hydrogen) atoms. The fraction of sp³-hybridized carbons (Fsp3) is 0.439. The molecule has 0 saturated heterocycles. The normalized spacial score (nSPS) is 16.1. The van der Waals surface area contributed by atoms with Gasteiger partial charge in [-0.05, 0) is 76.3 Å². The summed E-state index contributed by atoms with van der Waals surface area (Å²) < 4.78 is 0. The first-order valence-electron chi connectivity index (χ1n) is 18.2. The van der Waals surface area contributed by atoms with Crippen LogP contribution >= 0.6 is 0 Å². The molecule has 3 N–H and O–H groups in total. The van der Waals surface area contributed by atoms with E-state index in [1.54, 1.807) is 4.90 Å². The van der Waals surface area contributed by atoms with Gasteiger partial charge in [0, 0.05) is 46.1 Å². The van der Waals surface area contributed by atoms with Crippen LogP contribution in [0.3, 0.4) is 0 Å². The number of nitrogens with zero attached hydrogens (tertiary/aromatic N) is 2. The third-order valence-electron chi connectivity index (χ3n) is 10.8. The number of imide groups is 1. The van der Waals surface area contributed by atoms with Crippen LogP contribution in [0.5, 0.6) is 0 Å². The first kappa shape index (κ1) is 32.5. The molecular weight excluding hydrogens is 598 g/mol. The molecular formula is C41H47N3O4. The summed E-state index contributed by atoms with van der Waals surface area (Å²) in [6.07, 6.45) is 13.6. The van der Waals surface area contributed by atoms with Crippen LogP contribution in [-0.4, -0.2) is 52.3 Å². The van der Waals surface area contributed by atoms with Crippen molar-refractivity contribution in [3.8, 4) is 0 Å². The predicted octanol–water partition coefficient (Wildman–Crippen LogP) is 8.83. The third-order valence-corrected chi connectivity index (χ3v) is 10.8. The Bertz CT molecular complexity index is 1950. The molecule has 2 heterocycles. The summed E-state index contributed by atoms with van der Waals surface area (Å²) in [6, 6.07) is 15.5. The first-order valence-corrected chi connectivity index (χ1v) is 18.2. The predicted molar refractivity (Wildman–Crippen MR) is 194 cm³/mol. The van der Waals surface area contributed by atoms with Gasteiger partial charge in [0.15, 0.2) is 6.23 Å². The highest BCUT2D eigenvalue weighted by atomic mass is 16.3. The van der Waals surface area contributed by atoms with E-state index in [9.17, 15) is 19.5 Å². The molecule has 0 aliphatic carbocycles. The summed E-state index contributed by atoms with van der Waals surface area (Å²) in [6.45, 7) is 3.75. The van der Waals surface area contributed by atoms with Crippen LogP contribution in [0, 0.1) is 0 Å². The third kappa shape index (κ3) is 5.41. The second kappa shape index (κ2) is 13.8. The SMILES string of the molecule is CCCCCCCCCCCCN1C(=O)c2ccc3c4ccc5c6c(ccc(c7ccc(c2c37)C1O)c64)C(=O)N(CCCCCN)C5=O. The van der Waals surface area contributed by atoms with E-state index in [0.29, 0.717) is 41.7 Å². The molecule has 0 fully saturated rings. The highest BCUT2D eigenvalue weighted by molar-refractivity contribution is 6.39. The maximum absolute atomic E-state index is 13.9. The number of fused-ring (bicyclic) bond motifs is 2. The van der Waals surface area contributed by atoms with E-state index >= 15 is 0 Å². The molecule has 2 aliphatic rings. The van der Waals surface area contributed by atoms with E-state index in [2.05, 4.69) is 6.92 Å². The molecule has 3 amide bonds. The molecule has 0 aromatic heterocycles. The Morgan fingerprint density at radius 2 is 1.00 bits per heavy atom. The van der Waals surface area contributed by atoms with Crippen molar-refractivity contribution in [2.75, 3.05) is 19.6 Å². The lowest BCUT2D eigenvalue weighted by Crippen LogP contribution is -2.41. The monoisotopic (exact) mass is 645 g/mol. The summed E-state index contributed by atoms with van der Waals surface area (Å²) in [5.74, 6) is -0.638. The topological polar surface area (TPSA) is 104 Å². The summed E-state index contributed by atoms with van der Waals surface area (Å²) in [5, 5.41) is 18.7. The molecule has 1 atom stereocenters. The summed E-state index contributed by atoms with van der Waals surface area (Å²) in [4.78, 5) is 44.3. The fourth-order valence-electron chi connectivity index (χ4n) is 8.27. The second-order valence-electron chi connectivity index (χ2n) is 13.8. The van der Waals surface area contributed by atoms with Gasteiger partial charge in [-0.15, -0.1) is 0 Å². The number of benzene rings is 5. The molecule has 0 spiro atoms. The molecule has 0 bridgehead atoms. The van der Waals surface area contributed by atoms with Gasteiger partial charge in [0.1, 0.15) is 0 Å². The largest absolute Gasteiger partial charge is 0.369 e. The van der Waals surface area contributed by atoms with E-state index < -0.39 is 6.23 Å². The van der Waals surface area contributed by atoms with Gasteiger partial charge in [-0.3, -0.25) is 19.3 Å². The van der Waals surface area contributed by atoms with Gasteiger partial charge < -0.3 is 15.7 Å². The number of hydrogen-bond donors (Lipinski definition) is 2. The average Bonchev–Trinajstić information content (AvgIpc) is 3.10. The van der Waals surface area contributed by atoms with E-state index in [1.807, 2.05) is 48.5 Å². The number of hydrogen-bond acceptors (Lipinski definition) is 5. The van der Waals surface area contributed by atoms with Crippen LogP contribution in [0.25, 0.3) is 43.1 Å². The fourth-order valence-corrected chi connectivity index (χ4v) is 8.27. The minimum Gasteiger partial charge on any atom is -0.369 e. The quantitative estimate of drug-likeness (QED) is 0.0483. The lowest BCUT2D eigenvalue weighted by Gasteiger charge is -2.34. The van der Waals surface area contributed by atoms with Crippen molar-refractivity contribution in [1.82, 2.24) is 9.80 Å². The number of aliphatic hydroxyl groups is 1. The van der Waals surface area contributed by atoms with Crippen LogP contribution in [0.2, 0.25) is 0 Å². The van der Waals surface area contributed by atoms with E-state index in [1.165, 1.54) is 49.8 Å². The number of aliphatic hydroxyl groups excluding tert-OH is 1. The smallest absolute Gasteiger partial charge is 0.261 e. The van der Waals surface area contributed by atoms with Crippen LogP contribution in [0.15, 0.2) is 48.5 Å². The van der Waals surface area contributed by atoms with Crippen LogP contribution < -0.4 is 5.73 Å². The Balaban J connectivity index is 1.18. The van der Waals surface area contributed by atoms with Crippen LogP contribution in [-0.2, 0) is 0 Å². The molecule has 7 heteroatoms. The van der Waals surface area contributed by atoms with E-state index in [0.717, 1.165) is 81.8 Å². The van der Waals surface area contributed by atoms with Crippen molar-refractivity contribution < 1.29 is 19.5 Å². The van der Waals surface area contributed by atoms with Crippen molar-refractivity contribution in [3.63, 3.8) is 0 Å². The Labute approximate surface area is 282 Å². The minimum absolute atomic E-state index is 0.131. The maximum Gasteiger partial charge on any atom is 0.261 e. The molecule has 5 aromatic rings. The van der Waals surface area contributed by atoms with E-state index in [4.69, 9.17) is 5.73 Å². The number of carbonyl (C=O) groups is 3. The van der Waals surface area contributed by atoms with Crippen molar-refractivity contribution in [3.05, 3.63) is 70.8 Å². The molecule has 250 valence electrons. The molecule has 0 saturated carbocycles. The second-order valence-corrected chi connectivity index (χ2v) is 13.8. The van der Waals surface area contributed by atoms with Crippen LogP contribution in [0.1, 0.15) is 133 Å². The first-order chi connectivity index (χ1) is 23.5. The molecule has 2 aliphatic heterocycles. The average molecular weight is 646 g/mol. The molecule has 1 unspecified atom stereocenters. The zero-order chi connectivity index (χ0) is 33.4. The Hall–Kier alpha value is -4.07. The Morgan fingerprint density at radius 1 is 0.542 bits per heavy atom. The molecule has 5 aromatic carbocycles. The number of amides is 3. The van der Waals surface area contributed by atoms with Gasteiger partial charge in [0.25, 0.3) is 17.7 Å². The number of carbonyl (C=O) groups excluding carboxylic acids is 3. The van der Waals surface area contributed by atoms with Crippen molar-refractivity contribution in [1.29, 1.82) is 0 Å². The highest BCUT2D eigenvalue weighted by Crippen LogP contribution is 2.47. The summed E-state index contributed by atoms with van der Waals surface area (Å²) in [5.41, 5.74) is 8.11. The zero-order valence-electron chi connectivity index (χ0n) is 28.2. The van der Waals surface area contributed by atoms with Crippen LogP contribution in [0.4, 0.5) is 0 Å². The molecule has 7 nitrogen and oxygen atoms in total. The van der Waals surface area contributed by atoms with Crippen molar-refractivity contribution in [2.24, 2.45) is 5.73 Å². The van der Waals surface area contributed by atoms with Crippen molar-refractivity contribution >= 4 is 60.8 Å². The molecule has 7 rings (SSSR count). The van der Waals surface area contributed by atoms with E-state index in [-0.39, 0.29) is 17.7 Å². The highest BCUT2D eigenvalue weighted by Gasteiger charge is 2.36. The standard InChI is InChI=1S/C41H47N3O4/c1-2-3-4-5-6-7-8-9-10-13-24-43-38(45)30-19-15-26-28-17-21-32-37-33(41(48)44(40(32)47)25-14-11-12-23-42)22-18-29(35(28)37)27-16-20-31(39(43)46)36(30)34(26)27/h15-22,38,45H,2-14,23-25,42H2,1H3. The lowest BCUT2D eigenvalue weighted by molar-refractivity contribution is 0.00419. The molecule has 0 radical (unpaired) electrons. The zero-order valence-corrected chi connectivity index (χ0v) is 28.2. The summed E-state index contributed by atoms with van der Waals surface area (Å²) >= 11 is 0. The minimum atomic E-state index is -1.00. The van der Waals surface area contributed by atoms with Gasteiger partial charge in [0.2, 0.25) is 0 Å². The lowest BCUT2D eigenvalue weighted by atomic mass is 9.82. The number of unbranched alkanes of at least 4 members (excludes halogenated alkanes) is 11.